The second-order valence-electron chi connectivity index (χ2n) is 6.49. The third-order valence-electron chi connectivity index (χ3n) is 4.51. The Balaban J connectivity index is 1.92. The molecule has 3 aromatic rings. The number of fused-ring (bicyclic) bond motifs is 1. The summed E-state index contributed by atoms with van der Waals surface area (Å²) in [4.78, 5) is 10.9. The van der Waals surface area contributed by atoms with Crippen LogP contribution in [0.1, 0.15) is 18.5 Å². The molecule has 25 heavy (non-hydrogen) atoms. The predicted octanol–water partition coefficient (Wildman–Crippen LogP) is 3.55. The Labute approximate surface area is 146 Å². The van der Waals surface area contributed by atoms with Crippen molar-refractivity contribution >= 4 is 5.95 Å². The molecule has 4 rings (SSSR count). The van der Waals surface area contributed by atoms with Gasteiger partial charge < -0.3 is 4.90 Å². The van der Waals surface area contributed by atoms with Crippen molar-refractivity contribution in [2.45, 2.75) is 25.8 Å². The minimum Gasteiger partial charge on any atom is -0.347 e. The number of aryl methyl sites for hydroxylation is 1. The largest absolute Gasteiger partial charge is 0.347 e. The van der Waals surface area contributed by atoms with Crippen LogP contribution in [0.4, 0.5) is 10.3 Å². The van der Waals surface area contributed by atoms with Crippen LogP contribution in [0.3, 0.4) is 0 Å². The summed E-state index contributed by atoms with van der Waals surface area (Å²) in [6, 6.07) is 8.43. The molecule has 0 amide bonds. The van der Waals surface area contributed by atoms with E-state index in [1.165, 1.54) is 17.8 Å². The SMILES string of the molecule is CN(C)c1nccc(-c2c(-c3ccc(F)cc3)nn3c2CCCC3)n1. The first-order chi connectivity index (χ1) is 12.1. The highest BCUT2D eigenvalue weighted by molar-refractivity contribution is 5.81. The number of hydrogen-bond acceptors (Lipinski definition) is 4. The van der Waals surface area contributed by atoms with Crippen molar-refractivity contribution in [2.24, 2.45) is 0 Å². The molecular formula is C19H20FN5. The first-order valence-corrected chi connectivity index (χ1v) is 8.50. The van der Waals surface area contributed by atoms with Gasteiger partial charge in [0, 0.05) is 43.7 Å². The molecule has 6 heteroatoms. The first kappa shape index (κ1) is 15.7. The lowest BCUT2D eigenvalue weighted by atomic mass is 9.99. The summed E-state index contributed by atoms with van der Waals surface area (Å²) in [6.07, 6.45) is 5.03. The summed E-state index contributed by atoms with van der Waals surface area (Å²) in [5.41, 5.74) is 4.87. The summed E-state index contributed by atoms with van der Waals surface area (Å²) in [7, 11) is 3.85. The van der Waals surface area contributed by atoms with Crippen LogP contribution in [-0.2, 0) is 13.0 Å². The zero-order valence-corrected chi connectivity index (χ0v) is 14.4. The van der Waals surface area contributed by atoms with Crippen molar-refractivity contribution in [3.05, 3.63) is 48.0 Å². The van der Waals surface area contributed by atoms with Gasteiger partial charge in [-0.3, -0.25) is 4.68 Å². The van der Waals surface area contributed by atoms with Gasteiger partial charge in [-0.15, -0.1) is 0 Å². The van der Waals surface area contributed by atoms with E-state index >= 15 is 0 Å². The highest BCUT2D eigenvalue weighted by Gasteiger charge is 2.23. The second-order valence-corrected chi connectivity index (χ2v) is 6.49. The van der Waals surface area contributed by atoms with Crippen LogP contribution < -0.4 is 4.90 Å². The molecule has 1 aromatic carbocycles. The van der Waals surface area contributed by atoms with Crippen LogP contribution in [0.15, 0.2) is 36.5 Å². The maximum Gasteiger partial charge on any atom is 0.225 e. The Morgan fingerprint density at radius 1 is 1.08 bits per heavy atom. The minimum absolute atomic E-state index is 0.244. The standard InChI is InChI=1S/C19H20FN5/c1-24(2)19-21-11-10-15(22-19)17-16-5-3-4-12-25(16)23-18(17)13-6-8-14(20)9-7-13/h6-11H,3-5,12H2,1-2H3. The molecule has 0 bridgehead atoms. The summed E-state index contributed by atoms with van der Waals surface area (Å²) in [5, 5.41) is 4.82. The number of benzene rings is 1. The van der Waals surface area contributed by atoms with Crippen molar-refractivity contribution in [3.63, 3.8) is 0 Å². The number of aromatic nitrogens is 4. The number of nitrogens with zero attached hydrogens (tertiary/aromatic N) is 5. The third-order valence-corrected chi connectivity index (χ3v) is 4.51. The highest BCUT2D eigenvalue weighted by Crippen LogP contribution is 2.36. The zero-order valence-electron chi connectivity index (χ0n) is 14.4. The van der Waals surface area contributed by atoms with E-state index in [0.29, 0.717) is 5.95 Å². The molecular weight excluding hydrogens is 317 g/mol. The fraction of sp³-hybridized carbons (Fsp3) is 0.316. The monoisotopic (exact) mass is 337 g/mol. The van der Waals surface area contributed by atoms with E-state index in [-0.39, 0.29) is 5.82 Å². The number of anilines is 1. The molecule has 0 saturated carbocycles. The van der Waals surface area contributed by atoms with E-state index in [4.69, 9.17) is 10.1 Å². The Kier molecular flexibility index (Phi) is 3.95. The van der Waals surface area contributed by atoms with Gasteiger partial charge in [-0.1, -0.05) is 0 Å². The van der Waals surface area contributed by atoms with Crippen LogP contribution in [0.5, 0.6) is 0 Å². The molecule has 0 saturated heterocycles. The average Bonchev–Trinajstić information content (AvgIpc) is 3.02. The Morgan fingerprint density at radius 2 is 1.88 bits per heavy atom. The molecule has 1 aliphatic rings. The molecule has 0 spiro atoms. The maximum absolute atomic E-state index is 13.3. The fourth-order valence-corrected chi connectivity index (χ4v) is 3.27. The minimum atomic E-state index is -0.244. The van der Waals surface area contributed by atoms with Crippen LogP contribution in [-0.4, -0.2) is 33.8 Å². The molecule has 3 heterocycles. The molecule has 2 aromatic heterocycles. The number of halogens is 1. The average molecular weight is 337 g/mol. The van der Waals surface area contributed by atoms with E-state index < -0.39 is 0 Å². The highest BCUT2D eigenvalue weighted by atomic mass is 19.1. The lowest BCUT2D eigenvalue weighted by Gasteiger charge is -2.15. The van der Waals surface area contributed by atoms with Gasteiger partial charge in [0.1, 0.15) is 11.5 Å². The number of hydrogen-bond donors (Lipinski definition) is 0. The van der Waals surface area contributed by atoms with Gasteiger partial charge in [-0.25, -0.2) is 14.4 Å². The van der Waals surface area contributed by atoms with Crippen molar-refractivity contribution in [1.82, 2.24) is 19.7 Å². The van der Waals surface area contributed by atoms with Gasteiger partial charge in [-0.05, 0) is 49.6 Å². The molecule has 0 N–H and O–H groups in total. The molecule has 0 fully saturated rings. The van der Waals surface area contributed by atoms with Crippen LogP contribution >= 0.6 is 0 Å². The summed E-state index contributed by atoms with van der Waals surface area (Å²) in [5.74, 6) is 0.421. The van der Waals surface area contributed by atoms with Crippen molar-refractivity contribution in [2.75, 3.05) is 19.0 Å². The summed E-state index contributed by atoms with van der Waals surface area (Å²) >= 11 is 0. The first-order valence-electron chi connectivity index (χ1n) is 8.50. The predicted molar refractivity (Wildman–Crippen MR) is 95.9 cm³/mol. The van der Waals surface area contributed by atoms with E-state index in [2.05, 4.69) is 9.67 Å². The molecule has 128 valence electrons. The Morgan fingerprint density at radius 3 is 2.64 bits per heavy atom. The summed E-state index contributed by atoms with van der Waals surface area (Å²) < 4.78 is 15.4. The van der Waals surface area contributed by atoms with Crippen LogP contribution in [0.2, 0.25) is 0 Å². The molecule has 0 radical (unpaired) electrons. The third kappa shape index (κ3) is 2.88. The topological polar surface area (TPSA) is 46.8 Å². The van der Waals surface area contributed by atoms with Gasteiger partial charge in [0.05, 0.1) is 5.69 Å². The van der Waals surface area contributed by atoms with E-state index in [1.54, 1.807) is 18.3 Å². The van der Waals surface area contributed by atoms with Crippen LogP contribution in [0, 0.1) is 5.82 Å². The molecule has 5 nitrogen and oxygen atoms in total. The van der Waals surface area contributed by atoms with Crippen molar-refractivity contribution in [1.29, 1.82) is 0 Å². The van der Waals surface area contributed by atoms with E-state index in [1.807, 2.05) is 25.1 Å². The van der Waals surface area contributed by atoms with Gasteiger partial charge >= 0.3 is 0 Å². The van der Waals surface area contributed by atoms with Gasteiger partial charge in [0.2, 0.25) is 5.95 Å². The lowest BCUT2D eigenvalue weighted by molar-refractivity contribution is 0.487. The molecule has 0 atom stereocenters. The molecule has 0 aliphatic carbocycles. The van der Waals surface area contributed by atoms with Crippen LogP contribution in [0.25, 0.3) is 22.5 Å². The van der Waals surface area contributed by atoms with E-state index in [0.717, 1.165) is 48.3 Å². The quantitative estimate of drug-likeness (QED) is 0.733. The van der Waals surface area contributed by atoms with E-state index in [9.17, 15) is 4.39 Å². The second kappa shape index (κ2) is 6.27. The lowest BCUT2D eigenvalue weighted by Crippen LogP contribution is -2.13. The summed E-state index contributed by atoms with van der Waals surface area (Å²) in [6.45, 7) is 0.912. The maximum atomic E-state index is 13.3. The Hall–Kier alpha value is -2.76. The fourth-order valence-electron chi connectivity index (χ4n) is 3.27. The van der Waals surface area contributed by atoms with Crippen molar-refractivity contribution in [3.8, 4) is 22.5 Å². The van der Waals surface area contributed by atoms with Gasteiger partial charge in [0.15, 0.2) is 0 Å². The van der Waals surface area contributed by atoms with Gasteiger partial charge in [-0.2, -0.15) is 5.10 Å². The van der Waals surface area contributed by atoms with Crippen molar-refractivity contribution < 1.29 is 4.39 Å². The normalized spacial score (nSPS) is 13.6. The molecule has 0 unspecified atom stereocenters. The molecule has 1 aliphatic heterocycles. The number of rotatable bonds is 3. The smallest absolute Gasteiger partial charge is 0.225 e. The Bertz CT molecular complexity index is 899. The van der Waals surface area contributed by atoms with Gasteiger partial charge in [0.25, 0.3) is 0 Å². The zero-order chi connectivity index (χ0) is 17.4.